The molecule has 0 aliphatic rings. The van der Waals surface area contributed by atoms with Gasteiger partial charge in [-0.25, -0.2) is 13.7 Å². The molecule has 4 aromatic rings. The van der Waals surface area contributed by atoms with Gasteiger partial charge in [0.25, 0.3) is 10.1 Å². The number of fused-ring (bicyclic) bond motifs is 1. The third kappa shape index (κ3) is 11.7. The highest BCUT2D eigenvalue weighted by atomic mass is 32.3. The van der Waals surface area contributed by atoms with Crippen LogP contribution in [-0.4, -0.2) is 83.1 Å². The molecule has 0 amide bonds. The van der Waals surface area contributed by atoms with Crippen molar-refractivity contribution in [3.05, 3.63) is 54.6 Å². The predicted octanol–water partition coefficient (Wildman–Crippen LogP) is 5.74. The van der Waals surface area contributed by atoms with Crippen LogP contribution in [0.25, 0.3) is 10.8 Å². The van der Waals surface area contributed by atoms with Gasteiger partial charge in [-0.05, 0) is 90.2 Å². The smallest absolute Gasteiger partial charge is 0.433 e. The van der Waals surface area contributed by atoms with Gasteiger partial charge in [0.15, 0.2) is 21.7 Å². The van der Waals surface area contributed by atoms with E-state index in [2.05, 4.69) is 44.3 Å². The molecule has 21 nitrogen and oxygen atoms in total. The summed E-state index contributed by atoms with van der Waals surface area (Å²) in [6.45, 7) is 0.288. The molecule has 0 saturated carbocycles. The number of rotatable bonds is 16. The number of hydrogen-bond acceptors (Lipinski definition) is 21. The van der Waals surface area contributed by atoms with Gasteiger partial charge in [0, 0.05) is 16.7 Å². The summed E-state index contributed by atoms with van der Waals surface area (Å²) in [7, 11) is -8.76. The van der Waals surface area contributed by atoms with E-state index in [9.17, 15) is 34.9 Å². The lowest BCUT2D eigenvalue weighted by Crippen LogP contribution is -2.21. The normalized spacial score (nSPS) is 12.4. The Bertz CT molecular complexity index is 2520. The van der Waals surface area contributed by atoms with Crippen molar-refractivity contribution in [2.45, 2.75) is 19.6 Å². The van der Waals surface area contributed by atoms with Gasteiger partial charge in [-0.15, -0.1) is 19.7 Å². The summed E-state index contributed by atoms with van der Waals surface area (Å²) in [5, 5.41) is 42.1. The summed E-state index contributed by atoms with van der Waals surface area (Å²) < 4.78 is 104. The van der Waals surface area contributed by atoms with Crippen molar-refractivity contribution < 1.29 is 68.1 Å². The molecule has 0 spiro atoms. The summed E-state index contributed by atoms with van der Waals surface area (Å²) in [5.74, 6) is -0.670. The van der Waals surface area contributed by atoms with E-state index >= 15 is 0 Å². The quantitative estimate of drug-likeness (QED) is 0.0131. The molecule has 0 unspecified atom stereocenters. The fourth-order valence-corrected chi connectivity index (χ4v) is 7.52. The number of hydrogen-bond donors (Lipinski definition) is 5. The first-order chi connectivity index (χ1) is 25.8. The van der Waals surface area contributed by atoms with Gasteiger partial charge in [0.05, 0.1) is 51.5 Å². The molecule has 0 bridgehead atoms. The number of azo groups is 2. The number of anilines is 1. The summed E-state index contributed by atoms with van der Waals surface area (Å²) in [4.78, 5) is 5.25. The van der Waals surface area contributed by atoms with Crippen LogP contribution in [0.1, 0.15) is 0 Å². The van der Waals surface area contributed by atoms with E-state index < -0.39 is 52.4 Å². The van der Waals surface area contributed by atoms with Crippen molar-refractivity contribution in [2.24, 2.45) is 20.5 Å². The maximum absolute atomic E-state index is 12.7. The minimum absolute atomic E-state index is 0.0169. The number of nitrogens with zero attached hydrogens (tertiary/aromatic N) is 5. The standard InChI is InChI=1S/C29H28N6O15S5/c1-35(2)10-13-53(38,39)20-7-4-18(5-8-20)31-34-28-24(54(40,41)42)15-17-14-23(52-49-48-37)27(29(36)25(17)26(28)30)33-32-21-16-19(6-9-22(21)46-3)51-12-11-47-50-55(43,44)45/h4-9,14-16,36-37H,10,13,30H2,1-3H3,(H,40,41,42)(H,43,44,45). The first kappa shape index (κ1) is 43.1. The molecule has 0 aliphatic heterocycles. The zero-order chi connectivity index (χ0) is 40.6. The summed E-state index contributed by atoms with van der Waals surface area (Å²) in [5.41, 5.74) is 5.05. The van der Waals surface area contributed by atoms with E-state index in [1.54, 1.807) is 19.0 Å². The molecule has 0 fully saturated rings. The highest BCUT2D eigenvalue weighted by molar-refractivity contribution is 8.04. The second kappa shape index (κ2) is 18.3. The van der Waals surface area contributed by atoms with Crippen LogP contribution in [0.4, 0.5) is 28.4 Å². The first-order valence-corrected chi connectivity index (χ1v) is 20.6. The molecule has 0 atom stereocenters. The fraction of sp³-hybridized carbons (Fsp3) is 0.172. The molecule has 26 heteroatoms. The SMILES string of the molecule is COc1ccc(SC#COOS(=O)(=O)O)cc1N=Nc1c(SOOO)cc2cc(S(=O)(=O)O)c(N=Nc3ccc(S(=O)(=O)CCN(C)C)cc3)c(N)c2c1O. The Hall–Kier alpha value is -4.63. The van der Waals surface area contributed by atoms with Crippen LogP contribution in [0, 0.1) is 11.4 Å². The van der Waals surface area contributed by atoms with Crippen molar-refractivity contribution in [3.8, 4) is 22.9 Å². The predicted molar refractivity (Wildman–Crippen MR) is 196 cm³/mol. The third-order valence-electron chi connectivity index (χ3n) is 6.80. The Morgan fingerprint density at radius 1 is 0.909 bits per heavy atom. The average Bonchev–Trinajstić information content (AvgIpc) is 3.11. The lowest BCUT2D eigenvalue weighted by Gasteiger charge is -2.14. The number of phenolic OH excluding ortho intramolecular Hbond substituents is 1. The summed E-state index contributed by atoms with van der Waals surface area (Å²) >= 11 is 1.12. The molecule has 55 heavy (non-hydrogen) atoms. The molecule has 6 N–H and O–H groups in total. The minimum atomic E-state index is -5.04. The van der Waals surface area contributed by atoms with E-state index in [4.69, 9.17) is 20.3 Å². The number of benzene rings is 4. The van der Waals surface area contributed by atoms with Gasteiger partial charge in [0.2, 0.25) is 0 Å². The Labute approximate surface area is 321 Å². The second-order valence-corrected chi connectivity index (χ2v) is 16.9. The van der Waals surface area contributed by atoms with Crippen molar-refractivity contribution in [2.75, 3.05) is 39.2 Å². The Balaban J connectivity index is 1.80. The van der Waals surface area contributed by atoms with Crippen LogP contribution >= 0.6 is 23.8 Å². The highest BCUT2D eigenvalue weighted by Crippen LogP contribution is 2.50. The molecule has 4 aromatic carbocycles. The zero-order valence-corrected chi connectivity index (χ0v) is 32.3. The number of phenols is 1. The molecular formula is C29H28N6O15S5. The van der Waals surface area contributed by atoms with Crippen molar-refractivity contribution in [1.82, 2.24) is 4.90 Å². The number of methoxy groups -OCH3 is 1. The molecule has 294 valence electrons. The van der Waals surface area contributed by atoms with Gasteiger partial charge in [0.1, 0.15) is 27.7 Å². The van der Waals surface area contributed by atoms with Crippen molar-refractivity contribution in [3.63, 3.8) is 0 Å². The van der Waals surface area contributed by atoms with Gasteiger partial charge < -0.3 is 20.5 Å². The number of thioether (sulfide) groups is 1. The van der Waals surface area contributed by atoms with E-state index in [1.165, 1.54) is 55.6 Å². The largest absolute Gasteiger partial charge is 0.505 e. The average molecular weight is 861 g/mol. The van der Waals surface area contributed by atoms with Crippen LogP contribution in [0.15, 0.2) is 94.6 Å². The van der Waals surface area contributed by atoms with Crippen LogP contribution in [0.5, 0.6) is 11.5 Å². The minimum Gasteiger partial charge on any atom is -0.505 e. The van der Waals surface area contributed by atoms with Crippen LogP contribution in [-0.2, 0) is 48.9 Å². The maximum Gasteiger partial charge on any atom is 0.433 e. The van der Waals surface area contributed by atoms with E-state index in [-0.39, 0.29) is 55.7 Å². The van der Waals surface area contributed by atoms with Crippen LogP contribution in [0.2, 0.25) is 0 Å². The monoisotopic (exact) mass is 860 g/mol. The molecule has 0 radical (unpaired) electrons. The van der Waals surface area contributed by atoms with Crippen LogP contribution in [0.3, 0.4) is 0 Å². The van der Waals surface area contributed by atoms with Gasteiger partial charge in [-0.2, -0.15) is 21.9 Å². The zero-order valence-electron chi connectivity index (χ0n) is 28.2. The molecule has 4 rings (SSSR count). The van der Waals surface area contributed by atoms with E-state index in [0.717, 1.165) is 17.8 Å². The highest BCUT2D eigenvalue weighted by Gasteiger charge is 2.26. The number of nitrogen functional groups attached to an aromatic ring is 1. The number of aromatic hydroxyl groups is 1. The lowest BCUT2D eigenvalue weighted by atomic mass is 10.1. The Morgan fingerprint density at radius 3 is 2.22 bits per heavy atom. The fourth-order valence-electron chi connectivity index (χ4n) is 4.34. The van der Waals surface area contributed by atoms with Crippen LogP contribution < -0.4 is 10.5 Å². The van der Waals surface area contributed by atoms with Gasteiger partial charge >= 0.3 is 10.4 Å². The van der Waals surface area contributed by atoms with Crippen molar-refractivity contribution in [1.29, 1.82) is 0 Å². The van der Waals surface area contributed by atoms with Crippen molar-refractivity contribution >= 4 is 93.4 Å². The summed E-state index contributed by atoms with van der Waals surface area (Å²) in [6.07, 6.45) is 1.89. The molecule has 0 aromatic heterocycles. The van der Waals surface area contributed by atoms with Gasteiger partial charge in [-0.1, -0.05) is 5.04 Å². The molecular weight excluding hydrogens is 833 g/mol. The topological polar surface area (TPSA) is 308 Å². The lowest BCUT2D eigenvalue weighted by molar-refractivity contribution is -0.432. The number of nitrogens with two attached hydrogens (primary N) is 1. The second-order valence-electron chi connectivity index (χ2n) is 10.7. The Kier molecular flexibility index (Phi) is 14.4. The number of sulfone groups is 1. The summed E-state index contributed by atoms with van der Waals surface area (Å²) in [6, 6.07) is 11.8. The molecule has 0 aliphatic carbocycles. The first-order valence-electron chi connectivity index (χ1n) is 14.6. The van der Waals surface area contributed by atoms with Gasteiger partial charge in [-0.3, -0.25) is 14.0 Å². The molecule has 0 saturated heterocycles. The van der Waals surface area contributed by atoms with E-state index in [0.29, 0.717) is 16.9 Å². The Morgan fingerprint density at radius 2 is 1.60 bits per heavy atom. The number of ether oxygens (including phenoxy) is 1. The van der Waals surface area contributed by atoms with E-state index in [1.807, 2.05) is 6.11 Å². The third-order valence-corrected chi connectivity index (χ3v) is 10.9. The maximum atomic E-state index is 12.7. The molecule has 0 heterocycles.